The first-order chi connectivity index (χ1) is 16.3. The summed E-state index contributed by atoms with van der Waals surface area (Å²) < 4.78 is 16.7. The number of carbonyl (C=O) groups is 2. The van der Waals surface area contributed by atoms with Crippen molar-refractivity contribution < 1.29 is 28.6 Å². The van der Waals surface area contributed by atoms with Crippen LogP contribution in [0.1, 0.15) is 48.2 Å². The van der Waals surface area contributed by atoms with E-state index < -0.39 is 23.5 Å². The molecule has 1 N–H and O–H groups in total. The van der Waals surface area contributed by atoms with Gasteiger partial charge in [0.2, 0.25) is 5.78 Å². The van der Waals surface area contributed by atoms with Crippen LogP contribution >= 0.6 is 0 Å². The van der Waals surface area contributed by atoms with Gasteiger partial charge in [-0.15, -0.1) is 0 Å². The van der Waals surface area contributed by atoms with Crippen molar-refractivity contribution in [3.63, 3.8) is 0 Å². The molecule has 1 aromatic heterocycles. The number of nitrogens with zero attached hydrogens (tertiary/aromatic N) is 2. The van der Waals surface area contributed by atoms with E-state index in [1.807, 2.05) is 38.1 Å². The minimum atomic E-state index is -0.705. The highest BCUT2D eigenvalue weighted by molar-refractivity contribution is 6.15. The second kappa shape index (κ2) is 10.4. The summed E-state index contributed by atoms with van der Waals surface area (Å²) in [5.74, 6) is -0.153. The number of aliphatic hydroxyl groups is 1. The Morgan fingerprint density at radius 1 is 1.12 bits per heavy atom. The van der Waals surface area contributed by atoms with Crippen molar-refractivity contribution in [3.05, 3.63) is 64.8 Å². The standard InChI is InChI=1S/C26H32N2O6/c1-17(2)33-20-8-6-19(7-9-20)23-22(24(29)21-10-5-18(3)34-21)25(30)26(31)28(23)12-4-11-27-13-15-32-16-14-27/h5-10,17,23,30H,4,11-16H2,1-3H3/t23-/m1/s1. The summed E-state index contributed by atoms with van der Waals surface area (Å²) in [6.07, 6.45) is 0.740. The number of carbonyl (C=O) groups excluding carboxylic acids is 2. The Balaban J connectivity index is 1.60. The summed E-state index contributed by atoms with van der Waals surface area (Å²) in [6, 6.07) is 9.87. The Labute approximate surface area is 199 Å². The molecule has 8 heteroatoms. The van der Waals surface area contributed by atoms with Crippen molar-refractivity contribution in [3.8, 4) is 5.75 Å². The molecule has 0 unspecified atom stereocenters. The van der Waals surface area contributed by atoms with E-state index in [-0.39, 0.29) is 17.4 Å². The van der Waals surface area contributed by atoms with Gasteiger partial charge in [0.1, 0.15) is 11.5 Å². The van der Waals surface area contributed by atoms with Crippen molar-refractivity contribution in [1.29, 1.82) is 0 Å². The van der Waals surface area contributed by atoms with Gasteiger partial charge < -0.3 is 23.9 Å². The number of morpholine rings is 1. The van der Waals surface area contributed by atoms with Gasteiger partial charge in [0.05, 0.1) is 30.9 Å². The predicted octanol–water partition coefficient (Wildman–Crippen LogP) is 3.68. The zero-order valence-electron chi connectivity index (χ0n) is 20.0. The molecule has 0 aliphatic carbocycles. The van der Waals surface area contributed by atoms with Crippen molar-refractivity contribution >= 4 is 11.7 Å². The smallest absolute Gasteiger partial charge is 0.290 e. The van der Waals surface area contributed by atoms with Gasteiger partial charge in [0, 0.05) is 26.2 Å². The first-order valence-corrected chi connectivity index (χ1v) is 11.8. The molecule has 1 aromatic carbocycles. The maximum absolute atomic E-state index is 13.3. The zero-order chi connectivity index (χ0) is 24.2. The van der Waals surface area contributed by atoms with Gasteiger partial charge >= 0.3 is 0 Å². The van der Waals surface area contributed by atoms with Crippen LogP contribution in [0.5, 0.6) is 5.75 Å². The minimum Gasteiger partial charge on any atom is -0.503 e. The van der Waals surface area contributed by atoms with Crippen LogP contribution < -0.4 is 4.74 Å². The highest BCUT2D eigenvalue weighted by Crippen LogP contribution is 2.39. The van der Waals surface area contributed by atoms with E-state index in [2.05, 4.69) is 4.90 Å². The highest BCUT2D eigenvalue weighted by atomic mass is 16.5. The molecule has 4 rings (SSSR count). The fourth-order valence-corrected chi connectivity index (χ4v) is 4.44. The second-order valence-electron chi connectivity index (χ2n) is 8.95. The highest BCUT2D eigenvalue weighted by Gasteiger charge is 2.44. The molecule has 0 bridgehead atoms. The molecule has 1 atom stereocenters. The van der Waals surface area contributed by atoms with E-state index >= 15 is 0 Å². The van der Waals surface area contributed by atoms with Gasteiger partial charge in [0.15, 0.2) is 11.5 Å². The van der Waals surface area contributed by atoms with Crippen LogP contribution in [0.3, 0.4) is 0 Å². The molecule has 0 saturated carbocycles. The molecule has 2 aromatic rings. The number of ketones is 1. The molecule has 34 heavy (non-hydrogen) atoms. The molecule has 1 saturated heterocycles. The van der Waals surface area contributed by atoms with Gasteiger partial charge in [-0.25, -0.2) is 0 Å². The predicted molar refractivity (Wildman–Crippen MR) is 126 cm³/mol. The van der Waals surface area contributed by atoms with Gasteiger partial charge in [-0.3, -0.25) is 14.5 Å². The average Bonchev–Trinajstić information content (AvgIpc) is 3.36. The number of aliphatic hydroxyl groups excluding tert-OH is 1. The van der Waals surface area contributed by atoms with Crippen LogP contribution in [0.4, 0.5) is 0 Å². The Morgan fingerprint density at radius 3 is 2.44 bits per heavy atom. The number of benzene rings is 1. The Hall–Kier alpha value is -3.10. The van der Waals surface area contributed by atoms with Gasteiger partial charge in [-0.2, -0.15) is 0 Å². The van der Waals surface area contributed by atoms with E-state index in [9.17, 15) is 14.7 Å². The normalized spacial score (nSPS) is 19.4. The lowest BCUT2D eigenvalue weighted by atomic mass is 9.95. The van der Waals surface area contributed by atoms with Crippen molar-refractivity contribution in [2.45, 2.75) is 39.3 Å². The molecule has 0 spiro atoms. The molecule has 3 heterocycles. The molecule has 2 aliphatic rings. The lowest BCUT2D eigenvalue weighted by Gasteiger charge is -2.30. The summed E-state index contributed by atoms with van der Waals surface area (Å²) in [6.45, 7) is 9.99. The number of hydrogen-bond donors (Lipinski definition) is 1. The Kier molecular flexibility index (Phi) is 7.38. The number of rotatable bonds is 9. The third-order valence-electron chi connectivity index (χ3n) is 6.06. The zero-order valence-corrected chi connectivity index (χ0v) is 20.0. The molecule has 0 radical (unpaired) electrons. The van der Waals surface area contributed by atoms with E-state index in [1.165, 1.54) is 0 Å². The van der Waals surface area contributed by atoms with Gasteiger partial charge in [-0.1, -0.05) is 12.1 Å². The summed E-state index contributed by atoms with van der Waals surface area (Å²) in [4.78, 5) is 30.3. The summed E-state index contributed by atoms with van der Waals surface area (Å²) in [5, 5.41) is 10.8. The minimum absolute atomic E-state index is 0.0267. The van der Waals surface area contributed by atoms with Crippen LogP contribution in [-0.2, 0) is 9.53 Å². The maximum atomic E-state index is 13.3. The number of furan rings is 1. The van der Waals surface area contributed by atoms with Gasteiger partial charge in [-0.05, 0) is 57.0 Å². The monoisotopic (exact) mass is 468 g/mol. The second-order valence-corrected chi connectivity index (χ2v) is 8.95. The molecular weight excluding hydrogens is 436 g/mol. The van der Waals surface area contributed by atoms with E-state index in [0.29, 0.717) is 37.7 Å². The number of aryl methyl sites for hydroxylation is 1. The number of hydrogen-bond acceptors (Lipinski definition) is 7. The average molecular weight is 469 g/mol. The lowest BCUT2D eigenvalue weighted by Crippen LogP contribution is -2.39. The van der Waals surface area contributed by atoms with Crippen LogP contribution in [0.15, 0.2) is 52.1 Å². The molecule has 182 valence electrons. The number of Topliss-reactive ketones (excluding diaryl/α,β-unsaturated/α-hetero) is 1. The molecule has 1 fully saturated rings. The fourth-order valence-electron chi connectivity index (χ4n) is 4.44. The van der Waals surface area contributed by atoms with Crippen LogP contribution in [0.2, 0.25) is 0 Å². The van der Waals surface area contributed by atoms with Crippen LogP contribution in [0.25, 0.3) is 0 Å². The maximum Gasteiger partial charge on any atom is 0.290 e. The Bertz CT molecular complexity index is 1050. The molecule has 2 aliphatic heterocycles. The number of amides is 1. The van der Waals surface area contributed by atoms with Crippen molar-refractivity contribution in [1.82, 2.24) is 9.80 Å². The first-order valence-electron chi connectivity index (χ1n) is 11.8. The third kappa shape index (κ3) is 5.18. The van der Waals surface area contributed by atoms with E-state index in [0.717, 1.165) is 25.2 Å². The molecular formula is C26H32N2O6. The summed E-state index contributed by atoms with van der Waals surface area (Å²) >= 11 is 0. The number of ether oxygens (including phenoxy) is 2. The Morgan fingerprint density at radius 2 is 1.82 bits per heavy atom. The third-order valence-corrected chi connectivity index (χ3v) is 6.06. The van der Waals surface area contributed by atoms with Crippen molar-refractivity contribution in [2.75, 3.05) is 39.4 Å². The molecule has 8 nitrogen and oxygen atoms in total. The fraction of sp³-hybridized carbons (Fsp3) is 0.462. The van der Waals surface area contributed by atoms with Crippen molar-refractivity contribution in [2.24, 2.45) is 0 Å². The summed E-state index contributed by atoms with van der Waals surface area (Å²) in [5.41, 5.74) is 0.773. The topological polar surface area (TPSA) is 92.5 Å². The lowest BCUT2D eigenvalue weighted by molar-refractivity contribution is -0.129. The SMILES string of the molecule is Cc1ccc(C(=O)C2=C(O)C(=O)N(CCCN3CCOCC3)[C@@H]2c2ccc(OC(C)C)cc2)o1. The largest absolute Gasteiger partial charge is 0.503 e. The first kappa shape index (κ1) is 24.0. The molecule has 1 amide bonds. The van der Waals surface area contributed by atoms with Crippen LogP contribution in [0, 0.1) is 6.92 Å². The van der Waals surface area contributed by atoms with E-state index in [4.69, 9.17) is 13.9 Å². The quantitative estimate of drug-likeness (QED) is 0.561. The summed E-state index contributed by atoms with van der Waals surface area (Å²) in [7, 11) is 0. The van der Waals surface area contributed by atoms with Gasteiger partial charge in [0.25, 0.3) is 5.91 Å². The van der Waals surface area contributed by atoms with E-state index in [1.54, 1.807) is 24.0 Å². The van der Waals surface area contributed by atoms with Crippen LogP contribution in [-0.4, -0.2) is 72.1 Å².